The van der Waals surface area contributed by atoms with Gasteiger partial charge in [-0.05, 0) is 58.2 Å². The van der Waals surface area contributed by atoms with Crippen molar-refractivity contribution in [1.82, 2.24) is 9.47 Å². The second-order valence-corrected chi connectivity index (χ2v) is 8.57. The van der Waals surface area contributed by atoms with Gasteiger partial charge in [-0.3, -0.25) is 19.0 Å². The van der Waals surface area contributed by atoms with Crippen LogP contribution in [-0.4, -0.2) is 33.4 Å². The third-order valence-electron chi connectivity index (χ3n) is 5.19. The van der Waals surface area contributed by atoms with Gasteiger partial charge in [0.2, 0.25) is 5.91 Å². The number of nitrogens with zero attached hydrogens (tertiary/aromatic N) is 2. The summed E-state index contributed by atoms with van der Waals surface area (Å²) >= 11 is 7.20. The first-order valence-electron chi connectivity index (χ1n) is 9.35. The van der Waals surface area contributed by atoms with Crippen LogP contribution in [0.25, 0.3) is 0 Å². The molecule has 0 bridgehead atoms. The van der Waals surface area contributed by atoms with Gasteiger partial charge >= 0.3 is 4.87 Å². The highest BCUT2D eigenvalue weighted by atomic mass is 35.5. The molecule has 1 N–H and O–H groups in total. The van der Waals surface area contributed by atoms with Gasteiger partial charge in [0.25, 0.3) is 5.91 Å². The van der Waals surface area contributed by atoms with Crippen LogP contribution >= 0.6 is 22.9 Å². The van der Waals surface area contributed by atoms with Gasteiger partial charge in [-0.25, -0.2) is 0 Å². The fourth-order valence-electron chi connectivity index (χ4n) is 3.69. The normalized spacial score (nSPS) is 19.5. The van der Waals surface area contributed by atoms with Crippen LogP contribution in [0.5, 0.6) is 0 Å². The van der Waals surface area contributed by atoms with E-state index in [1.54, 1.807) is 30.5 Å². The van der Waals surface area contributed by atoms with Crippen molar-refractivity contribution in [3.8, 4) is 0 Å². The van der Waals surface area contributed by atoms with Crippen molar-refractivity contribution in [3.05, 3.63) is 49.5 Å². The highest BCUT2D eigenvalue weighted by molar-refractivity contribution is 7.07. The van der Waals surface area contributed by atoms with Gasteiger partial charge in [0.05, 0.1) is 11.3 Å². The summed E-state index contributed by atoms with van der Waals surface area (Å²) in [5.74, 6) is -0.499. The lowest BCUT2D eigenvalue weighted by atomic mass is 9.96. The molecule has 0 radical (unpaired) electrons. The number of thiazole rings is 1. The van der Waals surface area contributed by atoms with Crippen molar-refractivity contribution in [1.29, 1.82) is 0 Å². The summed E-state index contributed by atoms with van der Waals surface area (Å²) in [5.41, 5.74) is 1.51. The fraction of sp³-hybridized carbons (Fsp3) is 0.450. The smallest absolute Gasteiger partial charge is 0.307 e. The average molecular weight is 422 g/mol. The third-order valence-corrected chi connectivity index (χ3v) is 6.31. The number of aryl methyl sites for hydroxylation is 1. The van der Waals surface area contributed by atoms with Crippen LogP contribution in [0.1, 0.15) is 49.2 Å². The minimum absolute atomic E-state index is 0.0963. The zero-order chi connectivity index (χ0) is 20.4. The first kappa shape index (κ1) is 20.6. The number of carbonyl (C=O) groups excluding carboxylic acids is 2. The number of rotatable bonds is 4. The van der Waals surface area contributed by atoms with Crippen molar-refractivity contribution in [3.63, 3.8) is 0 Å². The van der Waals surface area contributed by atoms with Crippen LogP contribution in [0, 0.1) is 6.92 Å². The quantitative estimate of drug-likeness (QED) is 0.813. The molecule has 1 aromatic carbocycles. The van der Waals surface area contributed by atoms with Gasteiger partial charge < -0.3 is 10.2 Å². The molecule has 2 aromatic rings. The molecular formula is C20H24ClN3O3S. The second kappa shape index (κ2) is 8.49. The number of hydrogen-bond donors (Lipinski definition) is 1. The molecule has 2 atom stereocenters. The number of piperidine rings is 1. The van der Waals surface area contributed by atoms with E-state index < -0.39 is 0 Å². The number of halogens is 1. The van der Waals surface area contributed by atoms with E-state index in [2.05, 4.69) is 5.32 Å². The number of benzene rings is 1. The second-order valence-electron chi connectivity index (χ2n) is 7.31. The summed E-state index contributed by atoms with van der Waals surface area (Å²) < 4.78 is 1.41. The highest BCUT2D eigenvalue weighted by Crippen LogP contribution is 2.28. The standard InChI is InChI=1S/C20H24ClN3O3S/c1-12-5-4-6-13(2)24(12)19(26)16-9-15(21)7-8-17(16)22-18(25)10-23-14(3)11-28-20(23)27/h7-9,11-13H,4-6,10H2,1-3H3,(H,22,25). The first-order chi connectivity index (χ1) is 13.3. The number of hydrogen-bond acceptors (Lipinski definition) is 4. The maximum absolute atomic E-state index is 13.3. The fourth-order valence-corrected chi connectivity index (χ4v) is 4.60. The van der Waals surface area contributed by atoms with Gasteiger partial charge in [-0.15, -0.1) is 0 Å². The number of carbonyl (C=O) groups is 2. The molecule has 1 aliphatic rings. The predicted octanol–water partition coefficient (Wildman–Crippen LogP) is 3.91. The molecule has 0 saturated carbocycles. The molecule has 1 aliphatic heterocycles. The van der Waals surface area contributed by atoms with Crippen molar-refractivity contribution in [2.75, 3.05) is 5.32 Å². The SMILES string of the molecule is Cc1csc(=O)n1CC(=O)Nc1ccc(Cl)cc1C(=O)N1C(C)CCCC1C. The summed E-state index contributed by atoms with van der Waals surface area (Å²) in [6, 6.07) is 5.13. The first-order valence-corrected chi connectivity index (χ1v) is 10.6. The molecule has 2 unspecified atom stereocenters. The maximum atomic E-state index is 13.3. The Morgan fingerprint density at radius 2 is 1.93 bits per heavy atom. The molecular weight excluding hydrogens is 398 g/mol. The van der Waals surface area contributed by atoms with Gasteiger partial charge in [0, 0.05) is 28.2 Å². The Hall–Kier alpha value is -2.12. The topological polar surface area (TPSA) is 71.4 Å². The minimum atomic E-state index is -0.361. The van der Waals surface area contributed by atoms with Crippen LogP contribution in [0.3, 0.4) is 0 Å². The molecule has 0 aliphatic carbocycles. The summed E-state index contributed by atoms with van der Waals surface area (Å²) in [6.45, 7) is 5.77. The number of amides is 2. The molecule has 8 heteroatoms. The zero-order valence-corrected chi connectivity index (χ0v) is 17.8. The van der Waals surface area contributed by atoms with E-state index in [0.717, 1.165) is 36.3 Å². The number of nitrogens with one attached hydrogen (secondary N) is 1. The van der Waals surface area contributed by atoms with Gasteiger partial charge in [0.15, 0.2) is 0 Å². The van der Waals surface area contributed by atoms with E-state index in [0.29, 0.717) is 16.3 Å². The van der Waals surface area contributed by atoms with Crippen LogP contribution in [0.15, 0.2) is 28.4 Å². The van der Waals surface area contributed by atoms with E-state index >= 15 is 0 Å². The lowest BCUT2D eigenvalue weighted by Gasteiger charge is -2.39. The highest BCUT2D eigenvalue weighted by Gasteiger charge is 2.31. The molecule has 150 valence electrons. The molecule has 2 heterocycles. The minimum Gasteiger partial charge on any atom is -0.333 e. The van der Waals surface area contributed by atoms with Crippen LogP contribution < -0.4 is 10.2 Å². The summed E-state index contributed by atoms with van der Waals surface area (Å²) in [7, 11) is 0. The molecule has 0 spiro atoms. The predicted molar refractivity (Wildman–Crippen MR) is 112 cm³/mol. The lowest BCUT2D eigenvalue weighted by Crippen LogP contribution is -2.47. The Bertz CT molecular complexity index is 942. The van der Waals surface area contributed by atoms with Crippen LogP contribution in [-0.2, 0) is 11.3 Å². The van der Waals surface area contributed by atoms with Gasteiger partial charge in [0.1, 0.15) is 6.54 Å². The Balaban J connectivity index is 1.85. The summed E-state index contributed by atoms with van der Waals surface area (Å²) in [5, 5.41) is 4.93. The third kappa shape index (κ3) is 4.31. The zero-order valence-electron chi connectivity index (χ0n) is 16.2. The van der Waals surface area contributed by atoms with Crippen LogP contribution in [0.4, 0.5) is 5.69 Å². The van der Waals surface area contributed by atoms with Crippen molar-refractivity contribution < 1.29 is 9.59 Å². The van der Waals surface area contributed by atoms with Crippen molar-refractivity contribution in [2.24, 2.45) is 0 Å². The van der Waals surface area contributed by atoms with Gasteiger partial charge in [-0.1, -0.05) is 22.9 Å². The monoisotopic (exact) mass is 421 g/mol. The Morgan fingerprint density at radius 1 is 1.25 bits per heavy atom. The lowest BCUT2D eigenvalue weighted by molar-refractivity contribution is -0.116. The molecule has 1 fully saturated rings. The van der Waals surface area contributed by atoms with E-state index in [4.69, 9.17) is 11.6 Å². The van der Waals surface area contributed by atoms with Crippen LogP contribution in [0.2, 0.25) is 5.02 Å². The van der Waals surface area contributed by atoms with E-state index in [9.17, 15) is 14.4 Å². The molecule has 1 saturated heterocycles. The Labute approximate surface area is 173 Å². The van der Waals surface area contributed by atoms with Gasteiger partial charge in [-0.2, -0.15) is 0 Å². The molecule has 28 heavy (non-hydrogen) atoms. The number of likely N-dealkylation sites (tertiary alicyclic amines) is 1. The van der Waals surface area contributed by atoms with Crippen molar-refractivity contribution in [2.45, 2.75) is 58.7 Å². The molecule has 3 rings (SSSR count). The Kier molecular flexibility index (Phi) is 6.25. The Morgan fingerprint density at radius 3 is 2.54 bits per heavy atom. The van der Waals surface area contributed by atoms with E-state index in [-0.39, 0.29) is 35.3 Å². The molecule has 2 amide bonds. The van der Waals surface area contributed by atoms with E-state index in [1.807, 2.05) is 18.7 Å². The number of aromatic nitrogens is 1. The average Bonchev–Trinajstić information content (AvgIpc) is 2.95. The number of anilines is 1. The summed E-state index contributed by atoms with van der Waals surface area (Å²) in [4.78, 5) is 39.3. The maximum Gasteiger partial charge on any atom is 0.307 e. The molecule has 1 aromatic heterocycles. The summed E-state index contributed by atoms with van der Waals surface area (Å²) in [6.07, 6.45) is 3.01. The largest absolute Gasteiger partial charge is 0.333 e. The molecule has 6 nitrogen and oxygen atoms in total. The van der Waals surface area contributed by atoms with Crippen molar-refractivity contribution >= 4 is 40.4 Å². The van der Waals surface area contributed by atoms with E-state index in [1.165, 1.54) is 4.57 Å².